The van der Waals surface area contributed by atoms with E-state index in [9.17, 15) is 18.3 Å². The lowest BCUT2D eigenvalue weighted by atomic mass is 10.0. The van der Waals surface area contributed by atoms with Crippen molar-refractivity contribution in [3.8, 4) is 0 Å². The van der Waals surface area contributed by atoms with Gasteiger partial charge in [0.25, 0.3) is 0 Å². The zero-order chi connectivity index (χ0) is 20.2. The van der Waals surface area contributed by atoms with Gasteiger partial charge >= 0.3 is 6.09 Å². The van der Waals surface area contributed by atoms with Crippen LogP contribution in [0.1, 0.15) is 51.0 Å². The van der Waals surface area contributed by atoms with Crippen molar-refractivity contribution in [3.05, 3.63) is 29.6 Å². The molecule has 0 aliphatic rings. The number of nitrogens with zero attached hydrogens (tertiary/aromatic N) is 1. The van der Waals surface area contributed by atoms with Gasteiger partial charge in [0, 0.05) is 12.0 Å². The van der Waals surface area contributed by atoms with Crippen molar-refractivity contribution in [2.45, 2.75) is 51.9 Å². The molecule has 0 spiro atoms. The standard InChI is InChI=1S/C18H27N3O5S/c1-18(2,3)26-17(23)21-13(6-5-9-27(4,24)25)12-7-8-14-15(10-12)20-16(11-22)19-14/h7-8,10,13,22H,5-6,9,11H2,1-4H3,(H,19,20)(H,21,23). The third-order valence-electron chi connectivity index (χ3n) is 3.81. The zero-order valence-electron chi connectivity index (χ0n) is 16.1. The Morgan fingerprint density at radius 1 is 1.37 bits per heavy atom. The summed E-state index contributed by atoms with van der Waals surface area (Å²) in [5.74, 6) is 0.497. The van der Waals surface area contributed by atoms with Crippen molar-refractivity contribution in [2.24, 2.45) is 0 Å². The molecule has 0 aliphatic carbocycles. The number of aromatic amines is 1. The van der Waals surface area contributed by atoms with Crippen molar-refractivity contribution in [1.82, 2.24) is 15.3 Å². The summed E-state index contributed by atoms with van der Waals surface area (Å²) in [6.07, 6.45) is 1.48. The SMILES string of the molecule is CC(C)(C)OC(=O)NC(CCCS(C)(=O)=O)c1ccc2nc(CO)[nH]c2c1. The summed E-state index contributed by atoms with van der Waals surface area (Å²) in [5, 5.41) is 12.0. The Bertz CT molecular complexity index is 899. The van der Waals surface area contributed by atoms with Gasteiger partial charge in [0.15, 0.2) is 0 Å². The molecular formula is C18H27N3O5S. The molecule has 1 aromatic carbocycles. The lowest BCUT2D eigenvalue weighted by Crippen LogP contribution is -2.35. The highest BCUT2D eigenvalue weighted by Crippen LogP contribution is 2.24. The van der Waals surface area contributed by atoms with E-state index in [2.05, 4.69) is 15.3 Å². The molecule has 27 heavy (non-hydrogen) atoms. The maximum absolute atomic E-state index is 12.2. The van der Waals surface area contributed by atoms with Crippen LogP contribution in [0.4, 0.5) is 4.79 Å². The van der Waals surface area contributed by atoms with Crippen LogP contribution >= 0.6 is 0 Å². The maximum Gasteiger partial charge on any atom is 0.408 e. The Balaban J connectivity index is 2.22. The Labute approximate surface area is 159 Å². The summed E-state index contributed by atoms with van der Waals surface area (Å²) < 4.78 is 28.2. The number of hydrogen-bond donors (Lipinski definition) is 3. The van der Waals surface area contributed by atoms with Gasteiger partial charge in [-0.2, -0.15) is 0 Å². The number of aliphatic hydroxyl groups excluding tert-OH is 1. The summed E-state index contributed by atoms with van der Waals surface area (Å²) >= 11 is 0. The van der Waals surface area contributed by atoms with Crippen molar-refractivity contribution >= 4 is 27.0 Å². The number of hydrogen-bond acceptors (Lipinski definition) is 6. The number of alkyl carbamates (subject to hydrolysis) is 1. The Morgan fingerprint density at radius 2 is 2.07 bits per heavy atom. The number of carbonyl (C=O) groups excluding carboxylic acids is 1. The molecule has 9 heteroatoms. The minimum absolute atomic E-state index is 0.0421. The molecule has 1 amide bonds. The fourth-order valence-corrected chi connectivity index (χ4v) is 3.38. The summed E-state index contributed by atoms with van der Waals surface area (Å²) in [6.45, 7) is 5.13. The lowest BCUT2D eigenvalue weighted by molar-refractivity contribution is 0.0501. The molecular weight excluding hydrogens is 370 g/mol. The first-order valence-corrected chi connectivity index (χ1v) is 10.8. The molecule has 2 aromatic rings. The van der Waals surface area contributed by atoms with Gasteiger partial charge in [-0.15, -0.1) is 0 Å². The van der Waals surface area contributed by atoms with Gasteiger partial charge in [0.2, 0.25) is 0 Å². The lowest BCUT2D eigenvalue weighted by Gasteiger charge is -2.24. The minimum Gasteiger partial charge on any atom is -0.444 e. The largest absolute Gasteiger partial charge is 0.444 e. The predicted molar refractivity (Wildman–Crippen MR) is 103 cm³/mol. The van der Waals surface area contributed by atoms with E-state index in [1.165, 1.54) is 6.26 Å². The number of imidazole rings is 1. The van der Waals surface area contributed by atoms with Crippen LogP contribution in [0.2, 0.25) is 0 Å². The molecule has 2 rings (SSSR count). The quantitative estimate of drug-likeness (QED) is 0.660. The van der Waals surface area contributed by atoms with Gasteiger partial charge in [-0.05, 0) is 51.3 Å². The third kappa shape index (κ3) is 6.84. The normalized spacial score (nSPS) is 13.5. The number of aromatic nitrogens is 2. The molecule has 0 aliphatic heterocycles. The number of fused-ring (bicyclic) bond motifs is 1. The Morgan fingerprint density at radius 3 is 2.67 bits per heavy atom. The van der Waals surface area contributed by atoms with Crippen molar-refractivity contribution in [1.29, 1.82) is 0 Å². The summed E-state index contributed by atoms with van der Waals surface area (Å²) in [7, 11) is -3.08. The number of H-pyrrole nitrogens is 1. The van der Waals surface area contributed by atoms with Gasteiger partial charge in [0.05, 0.1) is 17.1 Å². The molecule has 1 unspecified atom stereocenters. The Hall–Kier alpha value is -2.13. The van der Waals surface area contributed by atoms with Gasteiger partial charge < -0.3 is 20.1 Å². The number of amides is 1. The fourth-order valence-electron chi connectivity index (χ4n) is 2.69. The summed E-state index contributed by atoms with van der Waals surface area (Å²) in [4.78, 5) is 19.5. The highest BCUT2D eigenvalue weighted by Gasteiger charge is 2.21. The highest BCUT2D eigenvalue weighted by molar-refractivity contribution is 7.90. The Kier molecular flexibility index (Phi) is 6.48. The minimum atomic E-state index is -3.08. The van der Waals surface area contributed by atoms with E-state index in [1.807, 2.05) is 12.1 Å². The van der Waals surface area contributed by atoms with E-state index in [4.69, 9.17) is 4.74 Å². The first kappa shape index (κ1) is 21.2. The molecule has 150 valence electrons. The molecule has 0 fully saturated rings. The first-order valence-electron chi connectivity index (χ1n) is 8.73. The van der Waals surface area contributed by atoms with Crippen LogP contribution in [0.3, 0.4) is 0 Å². The van der Waals surface area contributed by atoms with E-state index in [-0.39, 0.29) is 12.4 Å². The number of nitrogens with one attached hydrogen (secondary N) is 2. The molecule has 1 atom stereocenters. The molecule has 0 saturated heterocycles. The molecule has 1 heterocycles. The van der Waals surface area contributed by atoms with Gasteiger partial charge in [-0.25, -0.2) is 18.2 Å². The van der Waals surface area contributed by atoms with Gasteiger partial charge in [-0.1, -0.05) is 6.07 Å². The van der Waals surface area contributed by atoms with Crippen molar-refractivity contribution in [3.63, 3.8) is 0 Å². The molecule has 3 N–H and O–H groups in total. The number of sulfone groups is 1. The second-order valence-corrected chi connectivity index (χ2v) is 9.85. The van der Waals surface area contributed by atoms with Crippen molar-refractivity contribution in [2.75, 3.05) is 12.0 Å². The first-order chi connectivity index (χ1) is 12.5. The van der Waals surface area contributed by atoms with E-state index < -0.39 is 27.6 Å². The molecule has 0 radical (unpaired) electrons. The number of carbonyl (C=O) groups is 1. The van der Waals surface area contributed by atoms with Gasteiger partial charge in [-0.3, -0.25) is 0 Å². The fraction of sp³-hybridized carbons (Fsp3) is 0.556. The van der Waals surface area contributed by atoms with Crippen LogP contribution in [-0.4, -0.2) is 47.2 Å². The molecule has 0 saturated carbocycles. The summed E-state index contributed by atoms with van der Waals surface area (Å²) in [6, 6.07) is 5.05. The highest BCUT2D eigenvalue weighted by atomic mass is 32.2. The predicted octanol–water partition coefficient (Wildman–Crippen LogP) is 2.45. The van der Waals surface area contributed by atoms with E-state index >= 15 is 0 Å². The molecule has 1 aromatic heterocycles. The van der Waals surface area contributed by atoms with Gasteiger partial charge in [0.1, 0.15) is 27.9 Å². The average molecular weight is 397 g/mol. The number of ether oxygens (including phenoxy) is 1. The zero-order valence-corrected chi connectivity index (χ0v) is 16.9. The molecule has 0 bridgehead atoms. The maximum atomic E-state index is 12.2. The van der Waals surface area contributed by atoms with Crippen LogP contribution in [-0.2, 0) is 21.2 Å². The van der Waals surface area contributed by atoms with E-state index in [0.29, 0.717) is 24.2 Å². The smallest absolute Gasteiger partial charge is 0.408 e. The summed E-state index contributed by atoms with van der Waals surface area (Å²) in [5.41, 5.74) is 1.60. The monoisotopic (exact) mass is 397 g/mol. The van der Waals surface area contributed by atoms with Crippen LogP contribution < -0.4 is 5.32 Å². The van der Waals surface area contributed by atoms with Crippen LogP contribution in [0, 0.1) is 0 Å². The van der Waals surface area contributed by atoms with Crippen LogP contribution in [0.5, 0.6) is 0 Å². The van der Waals surface area contributed by atoms with E-state index in [1.54, 1.807) is 26.8 Å². The second-order valence-electron chi connectivity index (χ2n) is 7.59. The molecule has 8 nitrogen and oxygen atoms in total. The van der Waals surface area contributed by atoms with Crippen LogP contribution in [0.25, 0.3) is 11.0 Å². The number of benzene rings is 1. The number of aliphatic hydroxyl groups is 1. The average Bonchev–Trinajstić information content (AvgIpc) is 2.93. The third-order valence-corrected chi connectivity index (χ3v) is 4.84. The number of rotatable bonds is 7. The van der Waals surface area contributed by atoms with E-state index in [0.717, 1.165) is 11.1 Å². The topological polar surface area (TPSA) is 121 Å². The second kappa shape index (κ2) is 8.26. The van der Waals surface area contributed by atoms with Crippen LogP contribution in [0.15, 0.2) is 18.2 Å². The van der Waals surface area contributed by atoms with Crippen molar-refractivity contribution < 1.29 is 23.1 Å².